The van der Waals surface area contributed by atoms with Gasteiger partial charge in [-0.2, -0.15) is 0 Å². The van der Waals surface area contributed by atoms with Crippen molar-refractivity contribution in [3.8, 4) is 5.75 Å². The van der Waals surface area contributed by atoms with E-state index in [0.717, 1.165) is 30.9 Å². The summed E-state index contributed by atoms with van der Waals surface area (Å²) in [6.07, 6.45) is 6.38. The van der Waals surface area contributed by atoms with Crippen molar-refractivity contribution in [1.29, 1.82) is 0 Å². The molecule has 1 aliphatic rings. The maximum atomic E-state index is 5.93. The molecule has 1 fully saturated rings. The second kappa shape index (κ2) is 6.87. The molecular weight excluding hydrogens is 238 g/mol. The lowest BCUT2D eigenvalue weighted by atomic mass is 10.1. The van der Waals surface area contributed by atoms with Crippen LogP contribution in [0.2, 0.25) is 0 Å². The highest BCUT2D eigenvalue weighted by atomic mass is 16.5. The number of nitrogens with two attached hydrogens (primary N) is 1. The number of aromatic nitrogens is 1. The monoisotopic (exact) mass is 263 g/mol. The van der Waals surface area contributed by atoms with Crippen LogP contribution in [-0.2, 0) is 0 Å². The molecule has 1 aromatic rings. The van der Waals surface area contributed by atoms with Crippen LogP contribution in [0.5, 0.6) is 5.75 Å². The van der Waals surface area contributed by atoms with Crippen molar-refractivity contribution in [2.24, 2.45) is 5.73 Å². The summed E-state index contributed by atoms with van der Waals surface area (Å²) in [7, 11) is 2.19. The molecule has 2 rings (SSSR count). The molecule has 1 aromatic heterocycles. The molecule has 0 amide bonds. The van der Waals surface area contributed by atoms with Crippen LogP contribution in [0.4, 0.5) is 0 Å². The Labute approximate surface area is 116 Å². The van der Waals surface area contributed by atoms with Crippen LogP contribution in [0.15, 0.2) is 18.3 Å². The number of hydrogen-bond acceptors (Lipinski definition) is 4. The zero-order valence-electron chi connectivity index (χ0n) is 12.0. The summed E-state index contributed by atoms with van der Waals surface area (Å²) in [5, 5.41) is 0. The summed E-state index contributed by atoms with van der Waals surface area (Å²) >= 11 is 0. The molecule has 1 saturated heterocycles. The second-order valence-electron chi connectivity index (χ2n) is 5.35. The smallest absolute Gasteiger partial charge is 0.137 e. The molecule has 4 heteroatoms. The van der Waals surface area contributed by atoms with Crippen molar-refractivity contribution in [3.05, 3.63) is 24.0 Å². The quantitative estimate of drug-likeness (QED) is 0.856. The summed E-state index contributed by atoms with van der Waals surface area (Å²) in [6.45, 7) is 4.04. The highest BCUT2D eigenvalue weighted by molar-refractivity contribution is 5.21. The Balaban J connectivity index is 1.77. The molecule has 19 heavy (non-hydrogen) atoms. The average Bonchev–Trinajstić information content (AvgIpc) is 2.84. The molecule has 106 valence electrons. The Morgan fingerprint density at radius 2 is 2.37 bits per heavy atom. The molecule has 0 aliphatic carbocycles. The largest absolute Gasteiger partial charge is 0.492 e. The molecular formula is C15H25N3O. The van der Waals surface area contributed by atoms with Crippen molar-refractivity contribution >= 4 is 0 Å². The van der Waals surface area contributed by atoms with Gasteiger partial charge in [0, 0.05) is 12.1 Å². The van der Waals surface area contributed by atoms with Gasteiger partial charge in [0.05, 0.1) is 18.5 Å². The second-order valence-corrected chi connectivity index (χ2v) is 5.35. The van der Waals surface area contributed by atoms with E-state index in [1.807, 2.05) is 12.1 Å². The summed E-state index contributed by atoms with van der Waals surface area (Å²) < 4.78 is 5.75. The molecule has 0 saturated carbocycles. The molecule has 1 unspecified atom stereocenters. The Hall–Kier alpha value is -1.13. The van der Waals surface area contributed by atoms with E-state index in [2.05, 4.69) is 23.9 Å². The van der Waals surface area contributed by atoms with Gasteiger partial charge in [-0.3, -0.25) is 4.98 Å². The van der Waals surface area contributed by atoms with E-state index >= 15 is 0 Å². The van der Waals surface area contributed by atoms with Crippen molar-refractivity contribution in [2.45, 2.75) is 44.7 Å². The van der Waals surface area contributed by atoms with Crippen LogP contribution < -0.4 is 10.5 Å². The van der Waals surface area contributed by atoms with E-state index in [9.17, 15) is 0 Å². The zero-order chi connectivity index (χ0) is 13.7. The lowest BCUT2D eigenvalue weighted by Crippen LogP contribution is -2.26. The standard InChI is InChI=1S/C15H25N3O/c1-3-14(16)15-7-6-13(11-17-15)19-10-8-12-5-4-9-18(12)2/h6-7,11-12,14H,3-5,8-10,16H2,1-2H3/t12?,14-/m1/s1. The Morgan fingerprint density at radius 1 is 1.53 bits per heavy atom. The van der Waals surface area contributed by atoms with Crippen molar-refractivity contribution in [3.63, 3.8) is 0 Å². The molecule has 1 aliphatic heterocycles. The Kier molecular flexibility index (Phi) is 5.16. The van der Waals surface area contributed by atoms with Crippen LogP contribution in [0, 0.1) is 0 Å². The van der Waals surface area contributed by atoms with Crippen molar-refractivity contribution in [1.82, 2.24) is 9.88 Å². The van der Waals surface area contributed by atoms with Crippen LogP contribution in [0.3, 0.4) is 0 Å². The average molecular weight is 263 g/mol. The van der Waals surface area contributed by atoms with Gasteiger partial charge in [-0.1, -0.05) is 6.92 Å². The number of hydrogen-bond donors (Lipinski definition) is 1. The summed E-state index contributed by atoms with van der Waals surface area (Å²) in [4.78, 5) is 6.78. The third-order valence-electron chi connectivity index (χ3n) is 3.97. The van der Waals surface area contributed by atoms with E-state index in [-0.39, 0.29) is 6.04 Å². The van der Waals surface area contributed by atoms with Crippen molar-refractivity contribution in [2.75, 3.05) is 20.2 Å². The third kappa shape index (κ3) is 3.91. The van der Waals surface area contributed by atoms with Gasteiger partial charge >= 0.3 is 0 Å². The predicted octanol–water partition coefficient (Wildman–Crippen LogP) is 2.35. The maximum Gasteiger partial charge on any atom is 0.137 e. The Bertz CT molecular complexity index is 379. The minimum absolute atomic E-state index is 0.0289. The lowest BCUT2D eigenvalue weighted by Gasteiger charge is -2.19. The fourth-order valence-electron chi connectivity index (χ4n) is 2.56. The highest BCUT2D eigenvalue weighted by Gasteiger charge is 2.20. The molecule has 2 heterocycles. The molecule has 2 N–H and O–H groups in total. The van der Waals surface area contributed by atoms with Gasteiger partial charge in [0.2, 0.25) is 0 Å². The van der Waals surface area contributed by atoms with Gasteiger partial charge in [0.1, 0.15) is 5.75 Å². The first-order valence-corrected chi connectivity index (χ1v) is 7.25. The van der Waals surface area contributed by atoms with Gasteiger partial charge in [-0.15, -0.1) is 0 Å². The first kappa shape index (κ1) is 14.3. The maximum absolute atomic E-state index is 5.93. The fourth-order valence-corrected chi connectivity index (χ4v) is 2.56. The normalized spacial score (nSPS) is 21.5. The van der Waals surface area contributed by atoms with E-state index < -0.39 is 0 Å². The van der Waals surface area contributed by atoms with Crippen LogP contribution in [-0.4, -0.2) is 36.1 Å². The molecule has 4 nitrogen and oxygen atoms in total. The predicted molar refractivity (Wildman–Crippen MR) is 77.2 cm³/mol. The number of pyridine rings is 1. The van der Waals surface area contributed by atoms with Gasteiger partial charge in [-0.25, -0.2) is 0 Å². The molecule has 0 spiro atoms. The lowest BCUT2D eigenvalue weighted by molar-refractivity contribution is 0.233. The number of rotatable bonds is 6. The zero-order valence-corrected chi connectivity index (χ0v) is 12.0. The number of likely N-dealkylation sites (tertiary alicyclic amines) is 1. The highest BCUT2D eigenvalue weighted by Crippen LogP contribution is 2.19. The number of ether oxygens (including phenoxy) is 1. The minimum Gasteiger partial charge on any atom is -0.492 e. The van der Waals surface area contributed by atoms with Gasteiger partial charge in [0.15, 0.2) is 0 Å². The minimum atomic E-state index is 0.0289. The van der Waals surface area contributed by atoms with E-state index in [4.69, 9.17) is 10.5 Å². The SMILES string of the molecule is CC[C@@H](N)c1ccc(OCCC2CCCN2C)cn1. The van der Waals surface area contributed by atoms with Crippen LogP contribution in [0.1, 0.15) is 44.3 Å². The van der Waals surface area contributed by atoms with Crippen LogP contribution in [0.25, 0.3) is 0 Å². The van der Waals surface area contributed by atoms with E-state index in [1.54, 1.807) is 6.20 Å². The molecule has 0 aromatic carbocycles. The third-order valence-corrected chi connectivity index (χ3v) is 3.97. The van der Waals surface area contributed by atoms with E-state index in [1.165, 1.54) is 19.4 Å². The molecule has 0 radical (unpaired) electrons. The van der Waals surface area contributed by atoms with Crippen molar-refractivity contribution < 1.29 is 4.74 Å². The first-order valence-electron chi connectivity index (χ1n) is 7.25. The van der Waals surface area contributed by atoms with Crippen LogP contribution >= 0.6 is 0 Å². The van der Waals surface area contributed by atoms with E-state index in [0.29, 0.717) is 6.04 Å². The summed E-state index contributed by atoms with van der Waals surface area (Å²) in [5.74, 6) is 0.840. The van der Waals surface area contributed by atoms with Gasteiger partial charge in [0.25, 0.3) is 0 Å². The first-order chi connectivity index (χ1) is 9.20. The molecule has 2 atom stereocenters. The number of nitrogens with zero attached hydrogens (tertiary/aromatic N) is 2. The molecule has 0 bridgehead atoms. The van der Waals surface area contributed by atoms with Gasteiger partial charge < -0.3 is 15.4 Å². The summed E-state index contributed by atoms with van der Waals surface area (Å²) in [5.41, 5.74) is 6.87. The summed E-state index contributed by atoms with van der Waals surface area (Å²) in [6, 6.07) is 4.64. The fraction of sp³-hybridized carbons (Fsp3) is 0.667. The Morgan fingerprint density at radius 3 is 2.95 bits per heavy atom. The van der Waals surface area contributed by atoms with Gasteiger partial charge in [-0.05, 0) is 51.4 Å². The topological polar surface area (TPSA) is 51.4 Å².